The molecule has 2 aliphatic rings. The first-order valence-electron chi connectivity index (χ1n) is 17.6. The number of hydrogen-bond acceptors (Lipinski definition) is 4. The summed E-state index contributed by atoms with van der Waals surface area (Å²) in [6, 6.07) is 61.7. The second kappa shape index (κ2) is 11.0. The van der Waals surface area contributed by atoms with E-state index in [-0.39, 0.29) is 0 Å². The molecule has 52 heavy (non-hydrogen) atoms. The third kappa shape index (κ3) is 3.99. The number of imidazole rings is 1. The van der Waals surface area contributed by atoms with Crippen molar-refractivity contribution in [3.05, 3.63) is 198 Å². The molecule has 0 unspecified atom stereocenters. The van der Waals surface area contributed by atoms with Gasteiger partial charge in [-0.05, 0) is 57.1 Å². The fourth-order valence-electron chi connectivity index (χ4n) is 8.45. The van der Waals surface area contributed by atoms with Gasteiger partial charge in [0.2, 0.25) is 0 Å². The molecule has 1 aliphatic carbocycles. The summed E-state index contributed by atoms with van der Waals surface area (Å²) in [6.45, 7) is 0. The Labute approximate surface area is 300 Å². The Hall–Kier alpha value is -6.98. The Bertz CT molecular complexity index is 2790. The molecule has 0 bridgehead atoms. The second-order valence-electron chi connectivity index (χ2n) is 13.4. The Balaban J connectivity index is 1.17. The molecule has 5 heteroatoms. The van der Waals surface area contributed by atoms with Gasteiger partial charge in [0.25, 0.3) is 0 Å². The van der Waals surface area contributed by atoms with E-state index in [0.29, 0.717) is 17.5 Å². The van der Waals surface area contributed by atoms with Crippen molar-refractivity contribution < 1.29 is 0 Å². The molecule has 0 saturated heterocycles. The Kier molecular flexibility index (Phi) is 6.10. The second-order valence-corrected chi connectivity index (χ2v) is 13.4. The number of benzene rings is 7. The summed E-state index contributed by atoms with van der Waals surface area (Å²) in [7, 11) is 0. The fraction of sp³-hybridized carbons (Fsp3) is 0.0213. The normalized spacial score (nSPS) is 13.2. The molecule has 0 saturated carbocycles. The average molecular weight is 664 g/mol. The number of nitrogens with zero attached hydrogens (tertiary/aromatic N) is 5. The molecule has 11 rings (SSSR count). The zero-order valence-electron chi connectivity index (χ0n) is 28.0. The minimum atomic E-state index is -0.556. The maximum absolute atomic E-state index is 5.52. The van der Waals surface area contributed by atoms with Crippen molar-refractivity contribution in [2.24, 2.45) is 0 Å². The van der Waals surface area contributed by atoms with Gasteiger partial charge in [-0.1, -0.05) is 158 Å². The highest BCUT2D eigenvalue weighted by Gasteiger charge is 2.54. The number of fused-ring (bicyclic) bond motifs is 12. The predicted molar refractivity (Wildman–Crippen MR) is 207 cm³/mol. The van der Waals surface area contributed by atoms with Gasteiger partial charge in [0.15, 0.2) is 17.5 Å². The van der Waals surface area contributed by atoms with Gasteiger partial charge in [-0.2, -0.15) is 0 Å². The van der Waals surface area contributed by atoms with E-state index in [1.165, 1.54) is 33.4 Å². The number of hydrogen-bond donors (Lipinski definition) is 0. The lowest BCUT2D eigenvalue weighted by molar-refractivity contribution is 0.738. The van der Waals surface area contributed by atoms with Gasteiger partial charge >= 0.3 is 0 Å². The topological polar surface area (TPSA) is 56.5 Å². The van der Waals surface area contributed by atoms with E-state index in [0.717, 1.165) is 44.8 Å². The quantitative estimate of drug-likeness (QED) is 0.188. The van der Waals surface area contributed by atoms with E-state index in [1.807, 2.05) is 36.4 Å². The van der Waals surface area contributed by atoms with Gasteiger partial charge in [-0.15, -0.1) is 0 Å². The van der Waals surface area contributed by atoms with E-state index in [1.54, 1.807) is 0 Å². The van der Waals surface area contributed by atoms with E-state index >= 15 is 0 Å². The summed E-state index contributed by atoms with van der Waals surface area (Å²) < 4.78 is 2.36. The summed E-state index contributed by atoms with van der Waals surface area (Å²) in [5, 5.41) is 0. The Morgan fingerprint density at radius 2 is 0.827 bits per heavy atom. The fourth-order valence-corrected chi connectivity index (χ4v) is 8.45. The molecule has 7 aromatic carbocycles. The van der Waals surface area contributed by atoms with Crippen molar-refractivity contribution in [2.75, 3.05) is 0 Å². The number of para-hydroxylation sites is 2. The van der Waals surface area contributed by atoms with Gasteiger partial charge in [-0.3, -0.25) is 4.57 Å². The first kappa shape index (κ1) is 28.8. The SMILES string of the molecule is c1ccc(-c2ccc(-c3nc(-c4ccccc4)nc(-c4cccc5nc6n(c45)-c4ccccc4C64c5ccccc5-c5ccccc54)n3)cc2)cc1. The maximum Gasteiger partial charge on any atom is 0.166 e. The van der Waals surface area contributed by atoms with Crippen LogP contribution in [-0.2, 0) is 5.41 Å². The van der Waals surface area contributed by atoms with Gasteiger partial charge in [-0.25, -0.2) is 19.9 Å². The van der Waals surface area contributed by atoms with Gasteiger partial charge in [0, 0.05) is 16.7 Å². The molecular formula is C47H29N5. The summed E-state index contributed by atoms with van der Waals surface area (Å²) in [5.41, 5.74) is 13.8. The highest BCUT2D eigenvalue weighted by molar-refractivity contribution is 5.97. The minimum Gasteiger partial charge on any atom is -0.294 e. The van der Waals surface area contributed by atoms with Gasteiger partial charge in [0.05, 0.1) is 16.7 Å². The van der Waals surface area contributed by atoms with Crippen molar-refractivity contribution in [3.8, 4) is 62.1 Å². The van der Waals surface area contributed by atoms with Crippen LogP contribution >= 0.6 is 0 Å². The zero-order chi connectivity index (χ0) is 34.2. The van der Waals surface area contributed by atoms with Crippen LogP contribution in [0.1, 0.15) is 22.5 Å². The third-order valence-electron chi connectivity index (χ3n) is 10.7. The number of rotatable bonds is 4. The molecule has 2 aromatic heterocycles. The summed E-state index contributed by atoms with van der Waals surface area (Å²) in [4.78, 5) is 20.9. The standard InChI is InChI=1S/C47H29N5/c1-3-14-30(15-4-1)31-26-28-33(29-27-31)44-49-43(32-16-5-2-6-17-32)50-45(51-44)36-20-13-24-40-42(36)52-41-25-12-11-23-39(41)47(46(52)48-40)37-21-9-7-18-34(37)35-19-8-10-22-38(35)47/h1-29H. The molecule has 9 aromatic rings. The molecule has 1 aliphatic heterocycles. The number of aromatic nitrogens is 5. The average Bonchev–Trinajstić information content (AvgIpc) is 3.85. The summed E-state index contributed by atoms with van der Waals surface area (Å²) in [5.74, 6) is 2.84. The summed E-state index contributed by atoms with van der Waals surface area (Å²) >= 11 is 0. The van der Waals surface area contributed by atoms with E-state index in [9.17, 15) is 0 Å². The van der Waals surface area contributed by atoms with Crippen LogP contribution in [-0.4, -0.2) is 24.5 Å². The molecule has 1 spiro atoms. The largest absolute Gasteiger partial charge is 0.294 e. The van der Waals surface area contributed by atoms with Crippen LogP contribution in [0.3, 0.4) is 0 Å². The van der Waals surface area contributed by atoms with Crippen LogP contribution in [0.5, 0.6) is 0 Å². The van der Waals surface area contributed by atoms with Gasteiger partial charge < -0.3 is 0 Å². The van der Waals surface area contributed by atoms with Crippen LogP contribution < -0.4 is 0 Å². The van der Waals surface area contributed by atoms with Crippen molar-refractivity contribution in [3.63, 3.8) is 0 Å². The first-order valence-corrected chi connectivity index (χ1v) is 17.6. The van der Waals surface area contributed by atoms with E-state index in [2.05, 4.69) is 144 Å². The minimum absolute atomic E-state index is 0.556. The van der Waals surface area contributed by atoms with Crippen LogP contribution in [0.15, 0.2) is 176 Å². The third-order valence-corrected chi connectivity index (χ3v) is 10.7. The highest BCUT2D eigenvalue weighted by atomic mass is 15.1. The highest BCUT2D eigenvalue weighted by Crippen LogP contribution is 2.60. The van der Waals surface area contributed by atoms with Crippen molar-refractivity contribution in [1.82, 2.24) is 24.5 Å². The lowest BCUT2D eigenvalue weighted by atomic mass is 9.73. The molecule has 242 valence electrons. The molecule has 0 fully saturated rings. The van der Waals surface area contributed by atoms with E-state index in [4.69, 9.17) is 19.9 Å². The molecule has 0 amide bonds. The van der Waals surface area contributed by atoms with Crippen molar-refractivity contribution in [2.45, 2.75) is 5.41 Å². The van der Waals surface area contributed by atoms with Crippen LogP contribution in [0.4, 0.5) is 0 Å². The summed E-state index contributed by atoms with van der Waals surface area (Å²) in [6.07, 6.45) is 0. The smallest absolute Gasteiger partial charge is 0.166 e. The lowest BCUT2D eigenvalue weighted by Crippen LogP contribution is -2.27. The molecule has 0 atom stereocenters. The van der Waals surface area contributed by atoms with Crippen LogP contribution in [0, 0.1) is 0 Å². The zero-order valence-corrected chi connectivity index (χ0v) is 28.0. The molecule has 3 heterocycles. The molecule has 0 N–H and O–H groups in total. The van der Waals surface area contributed by atoms with E-state index < -0.39 is 5.41 Å². The monoisotopic (exact) mass is 663 g/mol. The van der Waals surface area contributed by atoms with Gasteiger partial charge in [0.1, 0.15) is 11.2 Å². The Morgan fingerprint density at radius 3 is 1.50 bits per heavy atom. The maximum atomic E-state index is 5.52. The molecular weight excluding hydrogens is 635 g/mol. The van der Waals surface area contributed by atoms with Crippen LogP contribution in [0.25, 0.3) is 73.1 Å². The Morgan fingerprint density at radius 1 is 0.346 bits per heavy atom. The molecule has 5 nitrogen and oxygen atoms in total. The lowest BCUT2D eigenvalue weighted by Gasteiger charge is -2.27. The van der Waals surface area contributed by atoms with Crippen molar-refractivity contribution in [1.29, 1.82) is 0 Å². The van der Waals surface area contributed by atoms with Crippen molar-refractivity contribution >= 4 is 11.0 Å². The molecule has 0 radical (unpaired) electrons. The first-order chi connectivity index (χ1) is 25.8. The predicted octanol–water partition coefficient (Wildman–Crippen LogP) is 10.6. The van der Waals surface area contributed by atoms with Crippen LogP contribution in [0.2, 0.25) is 0 Å².